The maximum Gasteiger partial charge on any atom is 0.419 e. The molecule has 0 amide bonds. The van der Waals surface area contributed by atoms with Crippen LogP contribution in [-0.2, 0) is 23.5 Å². The molecule has 3 rings (SSSR count). The molecule has 3 aromatic rings. The number of hydrogen-bond acceptors (Lipinski definition) is 6. The number of rotatable bonds is 7. The predicted octanol–water partition coefficient (Wildman–Crippen LogP) is 2.32. The van der Waals surface area contributed by atoms with E-state index >= 15 is 0 Å². The third-order valence-electron chi connectivity index (χ3n) is 4.29. The van der Waals surface area contributed by atoms with Gasteiger partial charge in [0.1, 0.15) is 4.90 Å². The lowest BCUT2D eigenvalue weighted by molar-refractivity contribution is 0.354. The maximum absolute atomic E-state index is 12.6. The fourth-order valence-electron chi connectivity index (χ4n) is 2.78. The number of hydrogen-bond donors (Lipinski definition) is 1. The van der Waals surface area contributed by atoms with Crippen molar-refractivity contribution >= 4 is 32.7 Å². The summed E-state index contributed by atoms with van der Waals surface area (Å²) >= 11 is 6.13. The lowest BCUT2D eigenvalue weighted by Gasteiger charge is -2.11. The van der Waals surface area contributed by atoms with Crippen molar-refractivity contribution in [1.29, 1.82) is 0 Å². The number of sulfonamides is 1. The van der Waals surface area contributed by atoms with Crippen molar-refractivity contribution in [3.8, 4) is 11.5 Å². The first kappa shape index (κ1) is 20.2. The van der Waals surface area contributed by atoms with Crippen molar-refractivity contribution in [3.63, 3.8) is 0 Å². The van der Waals surface area contributed by atoms with Gasteiger partial charge in [-0.15, -0.1) is 0 Å². The molecule has 0 unspecified atom stereocenters. The van der Waals surface area contributed by atoms with E-state index in [1.165, 1.54) is 30.9 Å². The van der Waals surface area contributed by atoms with E-state index in [1.807, 2.05) is 6.07 Å². The fourth-order valence-corrected chi connectivity index (χ4v) is 4.35. The first-order chi connectivity index (χ1) is 13.3. The van der Waals surface area contributed by atoms with E-state index in [0.717, 1.165) is 5.56 Å². The van der Waals surface area contributed by atoms with Crippen LogP contribution < -0.4 is 20.0 Å². The first-order valence-electron chi connectivity index (χ1n) is 8.26. The fraction of sp³-hybridized carbons (Fsp3) is 0.278. The van der Waals surface area contributed by atoms with Crippen LogP contribution in [0.5, 0.6) is 11.5 Å². The van der Waals surface area contributed by atoms with Gasteiger partial charge in [-0.25, -0.2) is 17.9 Å². The topological polar surface area (TPSA) is 99.8 Å². The molecule has 0 atom stereocenters. The van der Waals surface area contributed by atoms with Gasteiger partial charge in [-0.1, -0.05) is 17.7 Å². The van der Waals surface area contributed by atoms with Crippen molar-refractivity contribution in [2.75, 3.05) is 20.8 Å². The number of aryl methyl sites for hydroxylation is 1. The Morgan fingerprint density at radius 3 is 2.54 bits per heavy atom. The third-order valence-corrected chi connectivity index (χ3v) is 6.21. The number of nitrogens with zero attached hydrogens (tertiary/aromatic N) is 1. The molecule has 0 aliphatic carbocycles. The summed E-state index contributed by atoms with van der Waals surface area (Å²) in [7, 11) is 0.695. The van der Waals surface area contributed by atoms with Crippen molar-refractivity contribution in [3.05, 3.63) is 51.5 Å². The SMILES string of the molecule is COc1ccc(CCNS(=O)(=O)c2cc3oc(=O)n(C)c3cc2Cl)cc1OC. The van der Waals surface area contributed by atoms with Gasteiger partial charge >= 0.3 is 5.76 Å². The van der Waals surface area contributed by atoms with Gasteiger partial charge in [0.05, 0.1) is 24.8 Å². The Balaban J connectivity index is 1.78. The molecule has 2 aromatic carbocycles. The number of benzene rings is 2. The molecule has 28 heavy (non-hydrogen) atoms. The van der Waals surface area contributed by atoms with Gasteiger partial charge in [-0.2, -0.15) is 0 Å². The first-order valence-corrected chi connectivity index (χ1v) is 10.1. The zero-order valence-corrected chi connectivity index (χ0v) is 17.1. The Labute approximate surface area is 166 Å². The minimum atomic E-state index is -3.89. The summed E-state index contributed by atoms with van der Waals surface area (Å²) in [4.78, 5) is 11.5. The van der Waals surface area contributed by atoms with Crippen molar-refractivity contribution in [2.24, 2.45) is 7.05 Å². The molecule has 0 aliphatic heterocycles. The highest BCUT2D eigenvalue weighted by Gasteiger charge is 2.21. The number of oxazole rings is 1. The zero-order chi connectivity index (χ0) is 20.5. The normalized spacial score (nSPS) is 11.7. The smallest absolute Gasteiger partial charge is 0.419 e. The van der Waals surface area contributed by atoms with Gasteiger partial charge in [0.15, 0.2) is 17.1 Å². The molecule has 0 saturated heterocycles. The van der Waals surface area contributed by atoms with E-state index in [-0.39, 0.29) is 22.0 Å². The van der Waals surface area contributed by atoms with Crippen LogP contribution in [0.2, 0.25) is 5.02 Å². The Hall–Kier alpha value is -2.49. The highest BCUT2D eigenvalue weighted by Crippen LogP contribution is 2.28. The maximum atomic E-state index is 12.6. The molecule has 0 bridgehead atoms. The molecule has 1 heterocycles. The molecular formula is C18H19ClN2O6S. The Bertz CT molecular complexity index is 1180. The zero-order valence-electron chi connectivity index (χ0n) is 15.5. The Morgan fingerprint density at radius 2 is 1.86 bits per heavy atom. The van der Waals surface area contributed by atoms with Gasteiger partial charge < -0.3 is 13.9 Å². The standard InChI is InChI=1S/C18H19ClN2O6S/c1-21-13-9-12(19)17(10-15(13)27-18(21)22)28(23,24)20-7-6-11-4-5-14(25-2)16(8-11)26-3/h4-5,8-10,20H,6-7H2,1-3H3. The van der Waals surface area contributed by atoms with Crippen molar-refractivity contribution in [1.82, 2.24) is 9.29 Å². The largest absolute Gasteiger partial charge is 0.493 e. The second-order valence-corrected chi connectivity index (χ2v) is 8.16. The van der Waals surface area contributed by atoms with Gasteiger partial charge in [0.2, 0.25) is 10.0 Å². The Kier molecular flexibility index (Phi) is 5.69. The van der Waals surface area contributed by atoms with Gasteiger partial charge in [-0.05, 0) is 30.2 Å². The minimum absolute atomic E-state index is 0.00233. The lowest BCUT2D eigenvalue weighted by atomic mass is 10.1. The number of methoxy groups -OCH3 is 2. The van der Waals surface area contributed by atoms with E-state index in [9.17, 15) is 13.2 Å². The number of fused-ring (bicyclic) bond motifs is 1. The van der Waals surface area contributed by atoms with Crippen LogP contribution >= 0.6 is 11.6 Å². The van der Waals surface area contributed by atoms with Crippen molar-refractivity contribution in [2.45, 2.75) is 11.3 Å². The third kappa shape index (κ3) is 3.87. The van der Waals surface area contributed by atoms with Crippen LogP contribution in [0.25, 0.3) is 11.1 Å². The molecule has 0 aliphatic rings. The molecule has 1 aromatic heterocycles. The van der Waals surface area contributed by atoms with Crippen molar-refractivity contribution < 1.29 is 22.3 Å². The van der Waals surface area contributed by atoms with E-state index < -0.39 is 15.8 Å². The number of halogens is 1. The molecule has 0 saturated carbocycles. The number of aromatic nitrogens is 1. The molecule has 0 spiro atoms. The summed E-state index contributed by atoms with van der Waals surface area (Å²) < 4.78 is 44.5. The molecule has 0 fully saturated rings. The monoisotopic (exact) mass is 426 g/mol. The van der Waals surface area contributed by atoms with Crippen LogP contribution in [0.15, 0.2) is 44.4 Å². The summed E-state index contributed by atoms with van der Waals surface area (Å²) in [6.07, 6.45) is 0.430. The quantitative estimate of drug-likeness (QED) is 0.622. The number of ether oxygens (including phenoxy) is 2. The molecule has 8 nitrogen and oxygen atoms in total. The van der Waals surface area contributed by atoms with Crippen LogP contribution in [0.1, 0.15) is 5.56 Å². The summed E-state index contributed by atoms with van der Waals surface area (Å²) in [5.41, 5.74) is 1.44. The van der Waals surface area contributed by atoms with E-state index in [1.54, 1.807) is 19.2 Å². The van der Waals surface area contributed by atoms with Crippen LogP contribution in [0.4, 0.5) is 0 Å². The minimum Gasteiger partial charge on any atom is -0.493 e. The van der Waals surface area contributed by atoms with Gasteiger partial charge in [0, 0.05) is 19.7 Å². The van der Waals surface area contributed by atoms with Gasteiger partial charge in [-0.3, -0.25) is 4.57 Å². The average Bonchev–Trinajstić information content (AvgIpc) is 2.94. The molecule has 1 N–H and O–H groups in total. The molecule has 10 heteroatoms. The Morgan fingerprint density at radius 1 is 1.14 bits per heavy atom. The average molecular weight is 427 g/mol. The summed E-state index contributed by atoms with van der Waals surface area (Å²) in [6.45, 7) is 0.144. The highest BCUT2D eigenvalue weighted by molar-refractivity contribution is 7.89. The second kappa shape index (κ2) is 7.86. The van der Waals surface area contributed by atoms with E-state index in [0.29, 0.717) is 23.4 Å². The van der Waals surface area contributed by atoms with Gasteiger partial charge in [0.25, 0.3) is 0 Å². The molecule has 150 valence electrons. The number of nitrogens with one attached hydrogen (secondary N) is 1. The van der Waals surface area contributed by atoms with Crippen LogP contribution in [0, 0.1) is 0 Å². The van der Waals surface area contributed by atoms with Crippen LogP contribution in [0.3, 0.4) is 0 Å². The molecular weight excluding hydrogens is 408 g/mol. The summed E-state index contributed by atoms with van der Waals surface area (Å²) in [5, 5.41) is 0.00233. The summed E-state index contributed by atoms with van der Waals surface area (Å²) in [6, 6.07) is 8.01. The molecule has 0 radical (unpaired) electrons. The summed E-state index contributed by atoms with van der Waals surface area (Å²) in [5.74, 6) is 0.564. The predicted molar refractivity (Wildman–Crippen MR) is 105 cm³/mol. The van der Waals surface area contributed by atoms with E-state index in [2.05, 4.69) is 4.72 Å². The lowest BCUT2D eigenvalue weighted by Crippen LogP contribution is -2.26. The highest BCUT2D eigenvalue weighted by atomic mass is 35.5. The van der Waals surface area contributed by atoms with Crippen LogP contribution in [-0.4, -0.2) is 33.7 Å². The second-order valence-electron chi connectivity index (χ2n) is 6.01. The van der Waals surface area contributed by atoms with E-state index in [4.69, 9.17) is 25.5 Å².